The molecule has 1 aliphatic carbocycles. The highest BCUT2D eigenvalue weighted by molar-refractivity contribution is 7.80. The second-order valence-corrected chi connectivity index (χ2v) is 5.97. The molecule has 1 unspecified atom stereocenters. The molecule has 0 amide bonds. The van der Waals surface area contributed by atoms with Crippen molar-refractivity contribution in [3.63, 3.8) is 0 Å². The van der Waals surface area contributed by atoms with Gasteiger partial charge in [0.05, 0.1) is 18.8 Å². The van der Waals surface area contributed by atoms with E-state index in [4.69, 9.17) is 16.6 Å². The minimum absolute atomic E-state index is 0.773. The number of nitrogens with one attached hydrogen (secondary N) is 2. The maximum absolute atomic E-state index is 5.43. The standard InChI is InChI=1S/C14H21N3OS/c19-14-15-10-17(12-5-2-1-3-6-12)11-16(14)9-13-7-4-8-18-13/h4,7-8,12H,1-3,5-6,9-11H2,(H,15,19)/p+1. The molecule has 3 rings (SSSR count). The maximum Gasteiger partial charge on any atom is 0.177 e. The van der Waals surface area contributed by atoms with Crippen molar-refractivity contribution in [3.05, 3.63) is 24.2 Å². The van der Waals surface area contributed by atoms with E-state index >= 15 is 0 Å². The Morgan fingerprint density at radius 2 is 2.21 bits per heavy atom. The van der Waals surface area contributed by atoms with E-state index < -0.39 is 0 Å². The lowest BCUT2D eigenvalue weighted by molar-refractivity contribution is -0.940. The van der Waals surface area contributed by atoms with Crippen molar-refractivity contribution in [2.24, 2.45) is 0 Å². The van der Waals surface area contributed by atoms with Crippen LogP contribution in [0.25, 0.3) is 0 Å². The second kappa shape index (κ2) is 5.92. The molecule has 4 nitrogen and oxygen atoms in total. The molecule has 0 radical (unpaired) electrons. The van der Waals surface area contributed by atoms with Crippen LogP contribution < -0.4 is 10.2 Å². The van der Waals surface area contributed by atoms with Crippen LogP contribution in [0, 0.1) is 0 Å². The molecule has 1 saturated carbocycles. The summed E-state index contributed by atoms with van der Waals surface area (Å²) < 4.78 is 5.43. The lowest BCUT2D eigenvalue weighted by Gasteiger charge is -2.39. The van der Waals surface area contributed by atoms with E-state index in [-0.39, 0.29) is 0 Å². The van der Waals surface area contributed by atoms with Gasteiger partial charge in [0.25, 0.3) is 0 Å². The second-order valence-electron chi connectivity index (χ2n) is 5.59. The molecule has 1 aromatic heterocycles. The average molecular weight is 280 g/mol. The van der Waals surface area contributed by atoms with Crippen LogP contribution in [0.15, 0.2) is 22.8 Å². The zero-order valence-corrected chi connectivity index (χ0v) is 12.0. The van der Waals surface area contributed by atoms with Crippen LogP contribution in [0.4, 0.5) is 0 Å². The third kappa shape index (κ3) is 3.09. The Bertz CT molecular complexity index is 414. The third-order valence-electron chi connectivity index (χ3n) is 4.26. The van der Waals surface area contributed by atoms with Crippen molar-refractivity contribution in [3.8, 4) is 0 Å². The van der Waals surface area contributed by atoms with Crippen LogP contribution in [0.5, 0.6) is 0 Å². The third-order valence-corrected chi connectivity index (χ3v) is 4.66. The van der Waals surface area contributed by atoms with Gasteiger partial charge in [0.1, 0.15) is 5.76 Å². The van der Waals surface area contributed by atoms with Crippen LogP contribution in [-0.2, 0) is 6.54 Å². The van der Waals surface area contributed by atoms with Gasteiger partial charge in [-0.3, -0.25) is 9.80 Å². The number of quaternary nitrogens is 1. The highest BCUT2D eigenvalue weighted by Crippen LogP contribution is 2.16. The number of thiocarbonyl (C=S) groups is 1. The molecule has 2 N–H and O–H groups in total. The van der Waals surface area contributed by atoms with Crippen molar-refractivity contribution in [2.45, 2.75) is 44.7 Å². The molecule has 1 aliphatic heterocycles. The maximum atomic E-state index is 5.43. The van der Waals surface area contributed by atoms with Gasteiger partial charge in [-0.25, -0.2) is 0 Å². The molecule has 0 bridgehead atoms. The van der Waals surface area contributed by atoms with E-state index in [2.05, 4.69) is 10.2 Å². The van der Waals surface area contributed by atoms with Gasteiger partial charge < -0.3 is 9.73 Å². The Hall–Kier alpha value is -1.07. The summed E-state index contributed by atoms with van der Waals surface area (Å²) in [4.78, 5) is 3.85. The highest BCUT2D eigenvalue weighted by atomic mass is 32.1. The summed E-state index contributed by atoms with van der Waals surface area (Å²) in [6.07, 6.45) is 8.62. The van der Waals surface area contributed by atoms with Gasteiger partial charge in [-0.05, 0) is 50.0 Å². The first-order valence-corrected chi connectivity index (χ1v) is 7.63. The molecule has 2 fully saturated rings. The summed E-state index contributed by atoms with van der Waals surface area (Å²) in [5.74, 6) is 0.981. The molecule has 1 atom stereocenters. The molecule has 0 aromatic carbocycles. The number of rotatable bonds is 3. The van der Waals surface area contributed by atoms with Gasteiger partial charge in [-0.1, -0.05) is 6.42 Å². The molecule has 5 heteroatoms. The summed E-state index contributed by atoms with van der Waals surface area (Å²) in [6.45, 7) is 2.74. The largest absolute Gasteiger partial charge is 0.467 e. The normalized spacial score (nSPS) is 25.4. The van der Waals surface area contributed by atoms with Crippen LogP contribution in [-0.4, -0.2) is 29.4 Å². The van der Waals surface area contributed by atoms with Gasteiger partial charge >= 0.3 is 0 Å². The van der Waals surface area contributed by atoms with Gasteiger partial charge in [-0.2, -0.15) is 0 Å². The van der Waals surface area contributed by atoms with Crippen LogP contribution in [0.2, 0.25) is 0 Å². The Kier molecular flexibility index (Phi) is 4.03. The average Bonchev–Trinajstić information content (AvgIpc) is 2.95. The van der Waals surface area contributed by atoms with E-state index in [1.807, 2.05) is 12.1 Å². The molecule has 0 spiro atoms. The molecule has 19 heavy (non-hydrogen) atoms. The predicted molar refractivity (Wildman–Crippen MR) is 77.6 cm³/mol. The number of furan rings is 1. The lowest BCUT2D eigenvalue weighted by atomic mass is 9.94. The zero-order valence-electron chi connectivity index (χ0n) is 11.2. The van der Waals surface area contributed by atoms with Crippen molar-refractivity contribution < 1.29 is 9.32 Å². The summed E-state index contributed by atoms with van der Waals surface area (Å²) in [5.41, 5.74) is 0. The van der Waals surface area contributed by atoms with Gasteiger partial charge in [0.15, 0.2) is 18.4 Å². The molecular formula is C14H22N3OS+. The van der Waals surface area contributed by atoms with E-state index in [0.717, 1.165) is 36.8 Å². The Balaban J connectivity index is 1.61. The Labute approximate surface area is 119 Å². The first kappa shape index (κ1) is 12.9. The Morgan fingerprint density at radius 1 is 1.37 bits per heavy atom. The van der Waals surface area contributed by atoms with Crippen molar-refractivity contribution in [2.75, 3.05) is 13.3 Å². The molecule has 1 aromatic rings. The smallest absolute Gasteiger partial charge is 0.177 e. The first-order valence-electron chi connectivity index (χ1n) is 7.22. The highest BCUT2D eigenvalue weighted by Gasteiger charge is 2.30. The molecule has 2 aliphatic rings. The van der Waals surface area contributed by atoms with Crippen LogP contribution in [0.3, 0.4) is 0 Å². The molecular weight excluding hydrogens is 258 g/mol. The summed E-state index contributed by atoms with van der Waals surface area (Å²) in [6, 6.07) is 4.74. The number of nitrogens with zero attached hydrogens (tertiary/aromatic N) is 1. The van der Waals surface area contributed by atoms with Crippen molar-refractivity contribution >= 4 is 17.3 Å². The summed E-state index contributed by atoms with van der Waals surface area (Å²) in [5, 5.41) is 4.23. The van der Waals surface area contributed by atoms with E-state index in [1.165, 1.54) is 32.1 Å². The minimum atomic E-state index is 0.773. The Morgan fingerprint density at radius 3 is 2.95 bits per heavy atom. The van der Waals surface area contributed by atoms with Gasteiger partial charge in [-0.15, -0.1) is 0 Å². The first-order chi connectivity index (χ1) is 9.33. The minimum Gasteiger partial charge on any atom is -0.467 e. The van der Waals surface area contributed by atoms with E-state index in [9.17, 15) is 0 Å². The lowest BCUT2D eigenvalue weighted by Crippen LogP contribution is -3.20. The molecule has 104 valence electrons. The van der Waals surface area contributed by atoms with Crippen LogP contribution >= 0.6 is 12.2 Å². The summed E-state index contributed by atoms with van der Waals surface area (Å²) in [7, 11) is 0. The van der Waals surface area contributed by atoms with Crippen LogP contribution in [0.1, 0.15) is 37.9 Å². The predicted octanol–water partition coefficient (Wildman–Crippen LogP) is 1.10. The van der Waals surface area contributed by atoms with E-state index in [1.54, 1.807) is 11.2 Å². The number of hydrogen-bond acceptors (Lipinski definition) is 2. The van der Waals surface area contributed by atoms with E-state index in [0.29, 0.717) is 0 Å². The van der Waals surface area contributed by atoms with Crippen molar-refractivity contribution in [1.29, 1.82) is 0 Å². The SMILES string of the molecule is S=C1NC[NH+](C2CCCCC2)CN1Cc1ccco1. The fraction of sp³-hybridized carbons (Fsp3) is 0.643. The molecule has 2 heterocycles. The molecule has 1 saturated heterocycles. The topological polar surface area (TPSA) is 32.9 Å². The quantitative estimate of drug-likeness (QED) is 0.813. The van der Waals surface area contributed by atoms with Gasteiger partial charge in [0, 0.05) is 0 Å². The number of hydrogen-bond donors (Lipinski definition) is 2. The fourth-order valence-electron chi connectivity index (χ4n) is 3.18. The zero-order chi connectivity index (χ0) is 13.1. The summed E-state index contributed by atoms with van der Waals surface area (Å²) >= 11 is 5.41. The van der Waals surface area contributed by atoms with Crippen molar-refractivity contribution in [1.82, 2.24) is 10.2 Å². The fourth-order valence-corrected chi connectivity index (χ4v) is 3.38. The van der Waals surface area contributed by atoms with Gasteiger partial charge in [0.2, 0.25) is 0 Å². The monoisotopic (exact) mass is 280 g/mol.